The molecule has 0 bridgehead atoms. The molecule has 2 N–H and O–H groups in total. The molecule has 0 amide bonds. The molecule has 10 heteroatoms. The number of rotatable bonds is 11. The number of sulfonamides is 1. The third kappa shape index (κ3) is 6.31. The van der Waals surface area contributed by atoms with Gasteiger partial charge in [-0.25, -0.2) is 18.1 Å². The van der Waals surface area contributed by atoms with Crippen molar-refractivity contribution >= 4 is 31.8 Å². The minimum absolute atomic E-state index is 0.243. The first-order chi connectivity index (χ1) is 17.4. The van der Waals surface area contributed by atoms with Crippen LogP contribution in [-0.4, -0.2) is 43.4 Å². The maximum absolute atomic E-state index is 12.4. The number of hydrogen-bond acceptors (Lipinski definition) is 6. The normalized spacial score (nSPS) is 11.4. The monoisotopic (exact) mass is 569 g/mol. The van der Waals surface area contributed by atoms with Gasteiger partial charge in [-0.2, -0.15) is 5.10 Å². The van der Waals surface area contributed by atoms with Gasteiger partial charge in [0.1, 0.15) is 17.3 Å². The van der Waals surface area contributed by atoms with E-state index < -0.39 is 10.0 Å². The molecule has 0 aliphatic carbocycles. The van der Waals surface area contributed by atoms with Gasteiger partial charge in [-0.05, 0) is 67.4 Å². The summed E-state index contributed by atoms with van der Waals surface area (Å²) in [6, 6.07) is 18.3. The summed E-state index contributed by atoms with van der Waals surface area (Å²) in [6.45, 7) is 3.69. The van der Waals surface area contributed by atoms with Gasteiger partial charge in [0.2, 0.25) is 10.0 Å². The zero-order chi connectivity index (χ0) is 25.5. The van der Waals surface area contributed by atoms with Gasteiger partial charge >= 0.3 is 0 Å². The van der Waals surface area contributed by atoms with Gasteiger partial charge in [-0.15, -0.1) is 0 Å². The number of nitrogens with one attached hydrogen (secondary N) is 2. The average molecular weight is 571 g/mol. The average Bonchev–Trinajstić information content (AvgIpc) is 3.34. The second-order valence-corrected chi connectivity index (χ2v) is 10.7. The van der Waals surface area contributed by atoms with Crippen molar-refractivity contribution in [3.8, 4) is 28.1 Å². The molecule has 2 aromatic carbocycles. The lowest BCUT2D eigenvalue weighted by atomic mass is 10.0. The SMILES string of the molecule is CCn1cc(-c2ccnc(NCCCNS(=O)(=O)c3ccc(Br)cc3)c2)c(-c2cccc(OC)c2)n1. The fourth-order valence-corrected chi connectivity index (χ4v) is 5.02. The van der Waals surface area contributed by atoms with Gasteiger partial charge in [0.15, 0.2) is 0 Å². The Labute approximate surface area is 219 Å². The second-order valence-electron chi connectivity index (χ2n) is 8.04. The minimum Gasteiger partial charge on any atom is -0.497 e. The van der Waals surface area contributed by atoms with E-state index in [0.29, 0.717) is 25.3 Å². The summed E-state index contributed by atoms with van der Waals surface area (Å²) in [5.41, 5.74) is 3.83. The van der Waals surface area contributed by atoms with Crippen molar-refractivity contribution in [3.63, 3.8) is 0 Å². The highest BCUT2D eigenvalue weighted by molar-refractivity contribution is 9.10. The number of halogens is 1. The maximum Gasteiger partial charge on any atom is 0.240 e. The molecule has 0 aliphatic heterocycles. The van der Waals surface area contributed by atoms with E-state index in [1.165, 1.54) is 0 Å². The molecular formula is C26H28BrN5O3S. The summed E-state index contributed by atoms with van der Waals surface area (Å²) in [5, 5.41) is 8.06. The molecule has 0 atom stereocenters. The van der Waals surface area contributed by atoms with E-state index in [4.69, 9.17) is 9.84 Å². The Bertz CT molecular complexity index is 1420. The number of nitrogens with zero attached hydrogens (tertiary/aromatic N) is 3. The molecule has 2 aromatic heterocycles. The van der Waals surface area contributed by atoms with Crippen LogP contribution in [0.5, 0.6) is 5.75 Å². The molecular weight excluding hydrogens is 542 g/mol. The van der Waals surface area contributed by atoms with E-state index in [2.05, 4.69) is 37.9 Å². The number of aromatic nitrogens is 3. The summed E-state index contributed by atoms with van der Waals surface area (Å²) < 4.78 is 35.6. The number of pyridine rings is 1. The highest BCUT2D eigenvalue weighted by Crippen LogP contribution is 2.33. The highest BCUT2D eigenvalue weighted by Gasteiger charge is 2.15. The Morgan fingerprint density at radius 1 is 1.03 bits per heavy atom. The summed E-state index contributed by atoms with van der Waals surface area (Å²) in [5.74, 6) is 1.49. The zero-order valence-corrected chi connectivity index (χ0v) is 22.5. The molecule has 0 saturated heterocycles. The number of methoxy groups -OCH3 is 1. The smallest absolute Gasteiger partial charge is 0.240 e. The van der Waals surface area contributed by atoms with Crippen LogP contribution < -0.4 is 14.8 Å². The summed E-state index contributed by atoms with van der Waals surface area (Å²) in [4.78, 5) is 4.67. The molecule has 0 aliphatic rings. The molecule has 188 valence electrons. The van der Waals surface area contributed by atoms with Gasteiger partial charge in [-0.1, -0.05) is 28.1 Å². The molecule has 4 rings (SSSR count). The van der Waals surface area contributed by atoms with Gasteiger partial charge in [0.25, 0.3) is 0 Å². The molecule has 0 unspecified atom stereocenters. The third-order valence-corrected chi connectivity index (χ3v) is 7.58. The topological polar surface area (TPSA) is 98.1 Å². The van der Waals surface area contributed by atoms with Crippen molar-refractivity contribution in [2.24, 2.45) is 0 Å². The molecule has 36 heavy (non-hydrogen) atoms. The van der Waals surface area contributed by atoms with E-state index >= 15 is 0 Å². The maximum atomic E-state index is 12.4. The summed E-state index contributed by atoms with van der Waals surface area (Å²) >= 11 is 3.31. The van der Waals surface area contributed by atoms with E-state index in [-0.39, 0.29) is 4.90 Å². The molecule has 4 aromatic rings. The molecule has 0 saturated carbocycles. The first kappa shape index (κ1) is 25.9. The molecule has 0 radical (unpaired) electrons. The molecule has 0 spiro atoms. The predicted octanol–water partition coefficient (Wildman–Crippen LogP) is 5.18. The quantitative estimate of drug-likeness (QED) is 0.241. The van der Waals surface area contributed by atoms with Gasteiger partial charge in [0, 0.05) is 47.6 Å². The predicted molar refractivity (Wildman–Crippen MR) is 146 cm³/mol. The Balaban J connectivity index is 1.41. The van der Waals surface area contributed by atoms with E-state index in [1.54, 1.807) is 37.6 Å². The van der Waals surface area contributed by atoms with Crippen molar-refractivity contribution in [1.82, 2.24) is 19.5 Å². The minimum atomic E-state index is -3.53. The fourth-order valence-electron chi connectivity index (χ4n) is 3.68. The number of aryl methyl sites for hydroxylation is 1. The van der Waals surface area contributed by atoms with E-state index in [0.717, 1.165) is 39.2 Å². The van der Waals surface area contributed by atoms with Crippen LogP contribution in [-0.2, 0) is 16.6 Å². The largest absolute Gasteiger partial charge is 0.497 e. The standard InChI is InChI=1S/C26H28BrN5O3S/c1-3-32-18-24(26(31-32)20-6-4-7-22(16-20)35-2)19-12-15-29-25(17-19)28-13-5-14-30-36(33,34)23-10-8-21(27)9-11-23/h4,6-12,15-18,30H,3,5,13-14H2,1-2H3,(H,28,29). The first-order valence-electron chi connectivity index (χ1n) is 11.6. The van der Waals surface area contributed by atoms with Crippen LogP contribution in [0.3, 0.4) is 0 Å². The number of anilines is 1. The Kier molecular flexibility index (Phi) is 8.40. The van der Waals surface area contributed by atoms with Crippen molar-refractivity contribution in [1.29, 1.82) is 0 Å². The number of benzene rings is 2. The zero-order valence-electron chi connectivity index (χ0n) is 20.1. The van der Waals surface area contributed by atoms with Crippen LogP contribution in [0.15, 0.2) is 82.4 Å². The van der Waals surface area contributed by atoms with Crippen LogP contribution in [0.1, 0.15) is 13.3 Å². The fraction of sp³-hybridized carbons (Fsp3) is 0.231. The van der Waals surface area contributed by atoms with Crippen molar-refractivity contribution < 1.29 is 13.2 Å². The van der Waals surface area contributed by atoms with Crippen LogP contribution in [0, 0.1) is 0 Å². The molecule has 0 fully saturated rings. The second kappa shape index (κ2) is 11.7. The Morgan fingerprint density at radius 3 is 2.58 bits per heavy atom. The van der Waals surface area contributed by atoms with Crippen LogP contribution >= 0.6 is 15.9 Å². The van der Waals surface area contributed by atoms with E-state index in [1.807, 2.05) is 47.3 Å². The molecule has 8 nitrogen and oxygen atoms in total. The van der Waals surface area contributed by atoms with Crippen LogP contribution in [0.25, 0.3) is 22.4 Å². The van der Waals surface area contributed by atoms with Gasteiger partial charge in [0.05, 0.1) is 12.0 Å². The summed E-state index contributed by atoms with van der Waals surface area (Å²) in [6.07, 6.45) is 4.39. The Hall–Kier alpha value is -3.21. The number of ether oxygens (including phenoxy) is 1. The Morgan fingerprint density at radius 2 is 1.83 bits per heavy atom. The van der Waals surface area contributed by atoms with Crippen molar-refractivity contribution in [3.05, 3.63) is 77.5 Å². The van der Waals surface area contributed by atoms with Crippen molar-refractivity contribution in [2.45, 2.75) is 24.8 Å². The van der Waals surface area contributed by atoms with E-state index in [9.17, 15) is 8.42 Å². The van der Waals surface area contributed by atoms with Crippen molar-refractivity contribution in [2.75, 3.05) is 25.5 Å². The van der Waals surface area contributed by atoms with Crippen LogP contribution in [0.2, 0.25) is 0 Å². The van der Waals surface area contributed by atoms with Gasteiger partial charge in [-0.3, -0.25) is 4.68 Å². The first-order valence-corrected chi connectivity index (χ1v) is 13.8. The lowest BCUT2D eigenvalue weighted by molar-refractivity contribution is 0.415. The molecule has 2 heterocycles. The third-order valence-electron chi connectivity index (χ3n) is 5.58. The number of hydrogen-bond donors (Lipinski definition) is 2. The lowest BCUT2D eigenvalue weighted by Gasteiger charge is -2.09. The van der Waals surface area contributed by atoms with Gasteiger partial charge < -0.3 is 10.1 Å². The lowest BCUT2D eigenvalue weighted by Crippen LogP contribution is -2.26. The van der Waals surface area contributed by atoms with Crippen LogP contribution in [0.4, 0.5) is 5.82 Å². The summed E-state index contributed by atoms with van der Waals surface area (Å²) in [7, 11) is -1.88. The highest BCUT2D eigenvalue weighted by atomic mass is 79.9.